The second-order valence-electron chi connectivity index (χ2n) is 12.6. The Bertz CT molecular complexity index is 1310. The first-order chi connectivity index (χ1) is 19.7. The van der Waals surface area contributed by atoms with Crippen molar-refractivity contribution < 1.29 is 13.9 Å². The van der Waals surface area contributed by atoms with Gasteiger partial charge in [0.1, 0.15) is 28.8 Å². The van der Waals surface area contributed by atoms with Gasteiger partial charge in [0.25, 0.3) is 5.91 Å². The molecule has 2 unspecified atom stereocenters. The Morgan fingerprint density at radius 1 is 1.17 bits per heavy atom. The van der Waals surface area contributed by atoms with Gasteiger partial charge in [-0.15, -0.1) is 0 Å². The number of nitrogens with one attached hydrogen (secondary N) is 1. The molecule has 1 N–H and O–H groups in total. The molecular weight excluding hydrogens is 543 g/mol. The predicted octanol–water partition coefficient (Wildman–Crippen LogP) is 4.12. The Balaban J connectivity index is 1.44. The number of likely N-dealkylation sites (N-methyl/N-ethyl adjacent to an activating group) is 1. The van der Waals surface area contributed by atoms with Gasteiger partial charge < -0.3 is 24.8 Å². The largest absolute Gasteiger partial charge is 0.489 e. The van der Waals surface area contributed by atoms with E-state index in [1.54, 1.807) is 18.2 Å². The van der Waals surface area contributed by atoms with E-state index < -0.39 is 5.82 Å². The van der Waals surface area contributed by atoms with E-state index in [0.717, 1.165) is 39.1 Å². The quantitative estimate of drug-likeness (QED) is 0.567. The van der Waals surface area contributed by atoms with E-state index in [2.05, 4.69) is 47.8 Å². The molecule has 0 spiro atoms. The first-order valence-corrected chi connectivity index (χ1v) is 15.4. The average Bonchev–Trinajstić information content (AvgIpc) is 3.19. The summed E-state index contributed by atoms with van der Waals surface area (Å²) in [7, 11) is 2.23. The number of piperazine rings is 2. The van der Waals surface area contributed by atoms with Crippen LogP contribution in [-0.4, -0.2) is 109 Å². The molecule has 2 aromatic rings. The number of hydrogen-bond acceptors (Lipinski definition) is 7. The van der Waals surface area contributed by atoms with Gasteiger partial charge in [-0.05, 0) is 45.9 Å². The molecule has 0 bridgehead atoms. The van der Waals surface area contributed by atoms with Crippen LogP contribution in [0.4, 0.5) is 10.2 Å². The van der Waals surface area contributed by atoms with Gasteiger partial charge in [-0.3, -0.25) is 9.69 Å². The van der Waals surface area contributed by atoms with Crippen LogP contribution < -0.4 is 15.0 Å². The van der Waals surface area contributed by atoms with E-state index in [0.29, 0.717) is 60.2 Å². The van der Waals surface area contributed by atoms with Crippen LogP contribution in [0.2, 0.25) is 5.02 Å². The van der Waals surface area contributed by atoms with Crippen molar-refractivity contribution in [3.63, 3.8) is 0 Å². The smallest absolute Gasteiger partial charge is 0.261 e. The number of aromatic nitrogens is 1. The molecule has 1 amide bonds. The van der Waals surface area contributed by atoms with Crippen LogP contribution in [0.3, 0.4) is 0 Å². The molecule has 0 saturated carbocycles. The number of rotatable bonds is 5. The summed E-state index contributed by atoms with van der Waals surface area (Å²) in [6.07, 6.45) is 3.29. The minimum Gasteiger partial charge on any atom is -0.489 e. The molecule has 41 heavy (non-hydrogen) atoms. The van der Waals surface area contributed by atoms with Crippen LogP contribution in [0, 0.1) is 5.82 Å². The van der Waals surface area contributed by atoms with Gasteiger partial charge in [0.15, 0.2) is 5.75 Å². The summed E-state index contributed by atoms with van der Waals surface area (Å²) in [6.45, 7) is 12.8. The number of hydrogen-bond donors (Lipinski definition) is 1. The molecule has 1 aromatic heterocycles. The number of amides is 1. The Morgan fingerprint density at radius 2 is 1.98 bits per heavy atom. The van der Waals surface area contributed by atoms with Crippen molar-refractivity contribution in [3.05, 3.63) is 40.7 Å². The topological polar surface area (TPSA) is 64.2 Å². The lowest BCUT2D eigenvalue weighted by atomic mass is 9.97. The molecule has 6 rings (SSSR count). The molecule has 5 heterocycles. The van der Waals surface area contributed by atoms with E-state index in [9.17, 15) is 4.79 Å². The fourth-order valence-corrected chi connectivity index (χ4v) is 7.45. The summed E-state index contributed by atoms with van der Waals surface area (Å²) >= 11 is 6.96. The number of pyridine rings is 1. The molecular formula is C31H42ClFN6O2. The minimum absolute atomic E-state index is 0.107. The summed E-state index contributed by atoms with van der Waals surface area (Å²) in [4.78, 5) is 28.6. The normalized spacial score (nSPS) is 26.9. The number of carbonyl (C=O) groups is 1. The van der Waals surface area contributed by atoms with Gasteiger partial charge in [-0.25, -0.2) is 9.37 Å². The van der Waals surface area contributed by atoms with Gasteiger partial charge in [0.05, 0.1) is 11.7 Å². The van der Waals surface area contributed by atoms with Crippen molar-refractivity contribution in [2.45, 2.75) is 63.7 Å². The SMILES string of the molecule is CCCC1CN(C2CN(c3nc(-c4ccccc4F)c(Cl)c4c3C(=O)N3CCNC[C@@H]3CO4)C(C)(C)C2)CCN1C. The summed E-state index contributed by atoms with van der Waals surface area (Å²) in [5.41, 5.74) is 0.725. The summed E-state index contributed by atoms with van der Waals surface area (Å²) in [6, 6.07) is 7.27. The highest BCUT2D eigenvalue weighted by Crippen LogP contribution is 2.47. The molecule has 3 atom stereocenters. The Labute approximate surface area is 247 Å². The molecule has 3 saturated heterocycles. The highest BCUT2D eigenvalue weighted by molar-refractivity contribution is 6.35. The van der Waals surface area contributed by atoms with Crippen molar-refractivity contribution in [2.24, 2.45) is 0 Å². The predicted molar refractivity (Wildman–Crippen MR) is 161 cm³/mol. The molecule has 3 fully saturated rings. The number of benzene rings is 1. The highest BCUT2D eigenvalue weighted by Gasteiger charge is 2.46. The molecule has 0 radical (unpaired) electrons. The summed E-state index contributed by atoms with van der Waals surface area (Å²) in [5, 5.41) is 3.55. The van der Waals surface area contributed by atoms with Crippen molar-refractivity contribution in [2.75, 3.05) is 64.4 Å². The number of nitrogens with zero attached hydrogens (tertiary/aromatic N) is 5. The van der Waals surface area contributed by atoms with E-state index in [-0.39, 0.29) is 22.5 Å². The lowest BCUT2D eigenvalue weighted by Crippen LogP contribution is -2.55. The summed E-state index contributed by atoms with van der Waals surface area (Å²) < 4.78 is 21.5. The second-order valence-corrected chi connectivity index (χ2v) is 13.0. The third-order valence-electron chi connectivity index (χ3n) is 9.51. The number of carbonyl (C=O) groups excluding carboxylic acids is 1. The van der Waals surface area contributed by atoms with Gasteiger partial charge in [-0.2, -0.15) is 0 Å². The maximum Gasteiger partial charge on any atom is 0.261 e. The van der Waals surface area contributed by atoms with E-state index in [1.165, 1.54) is 18.9 Å². The van der Waals surface area contributed by atoms with Crippen molar-refractivity contribution >= 4 is 23.3 Å². The maximum atomic E-state index is 15.1. The van der Waals surface area contributed by atoms with Crippen LogP contribution in [0.5, 0.6) is 5.75 Å². The molecule has 10 heteroatoms. The molecule has 4 aliphatic heterocycles. The van der Waals surface area contributed by atoms with E-state index >= 15 is 4.39 Å². The third-order valence-corrected chi connectivity index (χ3v) is 9.86. The fourth-order valence-electron chi connectivity index (χ4n) is 7.16. The Hall–Kier alpha value is -2.46. The number of anilines is 1. The van der Waals surface area contributed by atoms with Crippen LogP contribution in [-0.2, 0) is 0 Å². The molecule has 1 aromatic carbocycles. The first kappa shape index (κ1) is 28.6. The Kier molecular flexibility index (Phi) is 7.91. The third kappa shape index (κ3) is 5.19. The zero-order valence-corrected chi connectivity index (χ0v) is 25.4. The van der Waals surface area contributed by atoms with Gasteiger partial charge in [0.2, 0.25) is 0 Å². The van der Waals surface area contributed by atoms with Gasteiger partial charge >= 0.3 is 0 Å². The van der Waals surface area contributed by atoms with Crippen LogP contribution in [0.15, 0.2) is 24.3 Å². The second kappa shape index (κ2) is 11.3. The van der Waals surface area contributed by atoms with Gasteiger partial charge in [0, 0.05) is 69.0 Å². The molecule has 4 aliphatic rings. The standard InChI is InChI=1S/C31H42ClFN6O2/c1-5-8-20-17-37(14-13-36(20)4)21-15-31(2,3)39(18-21)29-25-28(41-19-22-16-34-11-12-38(22)30(25)40)26(32)27(35-29)23-9-6-7-10-24(23)33/h6-7,9-10,20-22,34H,5,8,11-19H2,1-4H3/t20?,21?,22-/m1/s1. The van der Waals surface area contributed by atoms with Crippen molar-refractivity contribution in [1.82, 2.24) is 25.0 Å². The van der Waals surface area contributed by atoms with E-state index in [1.807, 2.05) is 4.90 Å². The lowest BCUT2D eigenvalue weighted by molar-refractivity contribution is 0.0606. The fraction of sp³-hybridized carbons (Fsp3) is 0.613. The molecule has 222 valence electrons. The maximum absolute atomic E-state index is 15.1. The zero-order valence-electron chi connectivity index (χ0n) is 24.6. The Morgan fingerprint density at radius 3 is 2.76 bits per heavy atom. The van der Waals surface area contributed by atoms with Crippen LogP contribution in [0.1, 0.15) is 50.4 Å². The van der Waals surface area contributed by atoms with E-state index in [4.69, 9.17) is 21.3 Å². The summed E-state index contributed by atoms with van der Waals surface area (Å²) in [5.74, 6) is 0.331. The van der Waals surface area contributed by atoms with Gasteiger partial charge in [-0.1, -0.05) is 37.1 Å². The van der Waals surface area contributed by atoms with Crippen LogP contribution >= 0.6 is 11.6 Å². The molecule has 8 nitrogen and oxygen atoms in total. The number of ether oxygens (including phenoxy) is 1. The zero-order chi connectivity index (χ0) is 28.9. The molecule has 0 aliphatic carbocycles. The van der Waals surface area contributed by atoms with Crippen LogP contribution in [0.25, 0.3) is 11.3 Å². The minimum atomic E-state index is -0.410. The number of halogens is 2. The number of fused-ring (bicyclic) bond motifs is 2. The highest BCUT2D eigenvalue weighted by atomic mass is 35.5. The average molecular weight is 585 g/mol. The lowest BCUT2D eigenvalue weighted by Gasteiger charge is -2.42. The van der Waals surface area contributed by atoms with Crippen molar-refractivity contribution in [1.29, 1.82) is 0 Å². The first-order valence-electron chi connectivity index (χ1n) is 15.0. The monoisotopic (exact) mass is 584 g/mol. The van der Waals surface area contributed by atoms with Crippen molar-refractivity contribution in [3.8, 4) is 17.0 Å².